The normalized spacial score (nSPS) is 11.6. The van der Waals surface area contributed by atoms with Crippen LogP contribution in [0.2, 0.25) is 5.02 Å². The summed E-state index contributed by atoms with van der Waals surface area (Å²) >= 11 is 6.50. The van der Waals surface area contributed by atoms with Gasteiger partial charge in [0.1, 0.15) is 18.0 Å². The summed E-state index contributed by atoms with van der Waals surface area (Å²) in [7, 11) is 1.82. The fraction of sp³-hybridized carbons (Fsp3) is 0.292. The van der Waals surface area contributed by atoms with E-state index < -0.39 is 5.60 Å². The molecule has 0 aliphatic carbocycles. The maximum Gasteiger partial charge on any atom is 0.264 e. The van der Waals surface area contributed by atoms with Crippen LogP contribution in [0.15, 0.2) is 47.5 Å². The van der Waals surface area contributed by atoms with Gasteiger partial charge in [0.15, 0.2) is 5.82 Å². The number of benzene rings is 1. The Morgan fingerprint density at radius 3 is 2.59 bits per heavy atom. The fourth-order valence-electron chi connectivity index (χ4n) is 3.45. The topological polar surface area (TPSA) is 108 Å². The third kappa shape index (κ3) is 4.71. The van der Waals surface area contributed by atoms with Crippen molar-refractivity contribution in [2.45, 2.75) is 39.9 Å². The van der Waals surface area contributed by atoms with E-state index in [2.05, 4.69) is 20.1 Å². The molecule has 4 aromatic rings. The maximum atomic E-state index is 13.3. The van der Waals surface area contributed by atoms with Crippen LogP contribution in [-0.4, -0.2) is 34.4 Å². The fourth-order valence-corrected chi connectivity index (χ4v) is 3.65. The molecule has 0 saturated carbocycles. The number of ether oxygens (including phenoxy) is 1. The molecule has 0 aliphatic heterocycles. The first-order chi connectivity index (χ1) is 16.0. The summed E-state index contributed by atoms with van der Waals surface area (Å²) in [5.74, 6) is 0.967. The molecular formula is C24H25ClN6O3. The van der Waals surface area contributed by atoms with Crippen LogP contribution in [0.25, 0.3) is 16.9 Å². The predicted octanol–water partition coefficient (Wildman–Crippen LogP) is 3.50. The largest absolute Gasteiger partial charge is 0.471 e. The van der Waals surface area contributed by atoms with Crippen molar-refractivity contribution < 1.29 is 9.84 Å². The van der Waals surface area contributed by atoms with Crippen LogP contribution in [0.1, 0.15) is 36.8 Å². The maximum absolute atomic E-state index is 13.3. The number of rotatable bonds is 6. The molecule has 0 fully saturated rings. The van der Waals surface area contributed by atoms with Crippen molar-refractivity contribution in [3.8, 4) is 22.8 Å². The van der Waals surface area contributed by atoms with E-state index >= 15 is 0 Å². The van der Waals surface area contributed by atoms with E-state index in [4.69, 9.17) is 16.3 Å². The Bertz CT molecular complexity index is 1420. The van der Waals surface area contributed by atoms with Crippen molar-refractivity contribution in [2.24, 2.45) is 7.05 Å². The van der Waals surface area contributed by atoms with E-state index in [9.17, 15) is 9.90 Å². The third-order valence-corrected chi connectivity index (χ3v) is 5.56. The zero-order chi connectivity index (χ0) is 24.6. The zero-order valence-corrected chi connectivity index (χ0v) is 20.3. The highest BCUT2D eigenvalue weighted by Gasteiger charge is 2.21. The van der Waals surface area contributed by atoms with Gasteiger partial charge in [-0.05, 0) is 52.0 Å². The molecule has 176 valence electrons. The van der Waals surface area contributed by atoms with Crippen LogP contribution in [0.3, 0.4) is 0 Å². The lowest BCUT2D eigenvalue weighted by molar-refractivity contribution is 0.0688. The smallest absolute Gasteiger partial charge is 0.264 e. The van der Waals surface area contributed by atoms with Gasteiger partial charge >= 0.3 is 0 Å². The van der Waals surface area contributed by atoms with E-state index in [1.807, 2.05) is 19.3 Å². The summed E-state index contributed by atoms with van der Waals surface area (Å²) < 4.78 is 8.91. The van der Waals surface area contributed by atoms with Gasteiger partial charge in [-0.3, -0.25) is 14.0 Å². The number of hydrogen-bond donors (Lipinski definition) is 1. The highest BCUT2D eigenvalue weighted by Crippen LogP contribution is 2.28. The van der Waals surface area contributed by atoms with Crippen molar-refractivity contribution in [3.05, 3.63) is 81.0 Å². The summed E-state index contributed by atoms with van der Waals surface area (Å²) in [4.78, 5) is 26.5. The Balaban J connectivity index is 1.73. The minimum absolute atomic E-state index is 0.199. The van der Waals surface area contributed by atoms with E-state index in [0.29, 0.717) is 39.2 Å². The Kier molecular flexibility index (Phi) is 6.24. The molecule has 10 heteroatoms. The molecule has 9 nitrogen and oxygen atoms in total. The molecule has 0 spiro atoms. The summed E-state index contributed by atoms with van der Waals surface area (Å²) in [6, 6.07) is 8.84. The van der Waals surface area contributed by atoms with Gasteiger partial charge in [0, 0.05) is 25.0 Å². The molecular weight excluding hydrogens is 456 g/mol. The minimum Gasteiger partial charge on any atom is -0.471 e. The van der Waals surface area contributed by atoms with Crippen molar-refractivity contribution in [1.29, 1.82) is 0 Å². The monoisotopic (exact) mass is 480 g/mol. The van der Waals surface area contributed by atoms with Crippen molar-refractivity contribution in [3.63, 3.8) is 0 Å². The van der Waals surface area contributed by atoms with Gasteiger partial charge in [-0.15, -0.1) is 0 Å². The second-order valence-electron chi connectivity index (χ2n) is 8.49. The number of aliphatic hydroxyl groups is 1. The van der Waals surface area contributed by atoms with E-state index in [1.54, 1.807) is 62.8 Å². The van der Waals surface area contributed by atoms with Crippen molar-refractivity contribution in [1.82, 2.24) is 29.3 Å². The number of hydrogen-bond acceptors (Lipinski definition) is 7. The summed E-state index contributed by atoms with van der Waals surface area (Å²) in [5, 5.41) is 14.9. The Morgan fingerprint density at radius 1 is 1.15 bits per heavy atom. The molecule has 0 unspecified atom stereocenters. The molecule has 0 saturated heterocycles. The number of aromatic nitrogens is 6. The van der Waals surface area contributed by atoms with Gasteiger partial charge in [-0.25, -0.2) is 9.97 Å². The first kappa shape index (κ1) is 23.6. The van der Waals surface area contributed by atoms with Gasteiger partial charge < -0.3 is 9.84 Å². The van der Waals surface area contributed by atoms with Crippen LogP contribution in [-0.2, 0) is 19.3 Å². The van der Waals surface area contributed by atoms with Gasteiger partial charge in [0.25, 0.3) is 5.56 Å². The van der Waals surface area contributed by atoms with Gasteiger partial charge in [-0.2, -0.15) is 10.1 Å². The van der Waals surface area contributed by atoms with Crippen LogP contribution >= 0.6 is 11.6 Å². The molecule has 0 aliphatic rings. The first-order valence-corrected chi connectivity index (χ1v) is 11.0. The summed E-state index contributed by atoms with van der Waals surface area (Å²) in [6.45, 7) is 6.82. The molecule has 34 heavy (non-hydrogen) atoms. The number of nitrogens with zero attached hydrogens (tertiary/aromatic N) is 6. The molecule has 4 rings (SSSR count). The number of halogens is 1. The zero-order valence-electron chi connectivity index (χ0n) is 19.6. The molecule has 1 N–H and O–H groups in total. The quantitative estimate of drug-likeness (QED) is 0.450. The standard InChI is InChI=1S/C24H25ClN6O3/c1-14-21(34-13-17-9-11-30(5)29-17)27-15(2)31(22(14)32)20-12-16(6-7-18(20)25)19-8-10-26-23(28-19)24(3,4)33/h6-12,33H,13H2,1-5H3. The molecule has 0 bridgehead atoms. The average molecular weight is 481 g/mol. The molecule has 1 aromatic carbocycles. The molecule has 0 radical (unpaired) electrons. The van der Waals surface area contributed by atoms with Crippen molar-refractivity contribution >= 4 is 11.6 Å². The Labute approximate surface area is 201 Å². The van der Waals surface area contributed by atoms with E-state index in [-0.39, 0.29) is 18.0 Å². The lowest BCUT2D eigenvalue weighted by Crippen LogP contribution is -2.25. The molecule has 3 aromatic heterocycles. The Hall–Kier alpha value is -3.56. The van der Waals surface area contributed by atoms with Crippen LogP contribution in [0.5, 0.6) is 5.88 Å². The highest BCUT2D eigenvalue weighted by molar-refractivity contribution is 6.32. The van der Waals surface area contributed by atoms with Crippen LogP contribution in [0, 0.1) is 13.8 Å². The van der Waals surface area contributed by atoms with Crippen molar-refractivity contribution in [2.75, 3.05) is 0 Å². The van der Waals surface area contributed by atoms with E-state index in [0.717, 1.165) is 5.69 Å². The van der Waals surface area contributed by atoms with E-state index in [1.165, 1.54) is 4.57 Å². The van der Waals surface area contributed by atoms with Gasteiger partial charge in [0.05, 0.1) is 27.7 Å². The molecule has 0 amide bonds. The summed E-state index contributed by atoms with van der Waals surface area (Å²) in [5.41, 5.74) is 1.39. The van der Waals surface area contributed by atoms with Crippen LogP contribution < -0.4 is 10.3 Å². The Morgan fingerprint density at radius 2 is 1.91 bits per heavy atom. The van der Waals surface area contributed by atoms with Gasteiger partial charge in [0.2, 0.25) is 5.88 Å². The minimum atomic E-state index is -1.19. The number of aryl methyl sites for hydroxylation is 2. The average Bonchev–Trinajstić information content (AvgIpc) is 3.21. The highest BCUT2D eigenvalue weighted by atomic mass is 35.5. The first-order valence-electron chi connectivity index (χ1n) is 10.6. The van der Waals surface area contributed by atoms with Gasteiger partial charge in [-0.1, -0.05) is 17.7 Å². The van der Waals surface area contributed by atoms with Crippen LogP contribution in [0.4, 0.5) is 0 Å². The molecule has 3 heterocycles. The second kappa shape index (κ2) is 9.00. The lowest BCUT2D eigenvalue weighted by atomic mass is 10.1. The molecule has 0 atom stereocenters. The summed E-state index contributed by atoms with van der Waals surface area (Å²) in [6.07, 6.45) is 3.40. The third-order valence-electron chi connectivity index (χ3n) is 5.24. The lowest BCUT2D eigenvalue weighted by Gasteiger charge is -2.17. The SMILES string of the molecule is Cc1c(OCc2ccn(C)n2)nc(C)n(-c2cc(-c3ccnc(C(C)(C)O)n3)ccc2Cl)c1=O. The second-order valence-corrected chi connectivity index (χ2v) is 8.90. The predicted molar refractivity (Wildman–Crippen MR) is 128 cm³/mol.